The number of carbonyl (C=O) groups is 1. The first-order chi connectivity index (χ1) is 18.2. The molecule has 6 nitrogen and oxygen atoms in total. The normalized spacial score (nSPS) is 17.8. The molecule has 0 saturated carbocycles. The van der Waals surface area contributed by atoms with Crippen LogP contribution in [0.4, 0.5) is 0 Å². The summed E-state index contributed by atoms with van der Waals surface area (Å²) in [5.74, 6) is 0.550. The third-order valence-electron chi connectivity index (χ3n) is 7.27. The van der Waals surface area contributed by atoms with Gasteiger partial charge in [0.05, 0.1) is 26.9 Å². The van der Waals surface area contributed by atoms with Gasteiger partial charge in [-0.25, -0.2) is 4.79 Å². The molecule has 38 heavy (non-hydrogen) atoms. The van der Waals surface area contributed by atoms with Crippen molar-refractivity contribution in [3.8, 4) is 11.5 Å². The van der Waals surface area contributed by atoms with Gasteiger partial charge in [0.2, 0.25) is 0 Å². The molecule has 1 fully saturated rings. The van der Waals surface area contributed by atoms with Crippen molar-refractivity contribution in [3.63, 3.8) is 0 Å². The van der Waals surface area contributed by atoms with Crippen molar-refractivity contribution in [2.75, 3.05) is 25.7 Å². The van der Waals surface area contributed by atoms with Crippen molar-refractivity contribution >= 4 is 36.4 Å². The zero-order valence-corrected chi connectivity index (χ0v) is 24.4. The van der Waals surface area contributed by atoms with Gasteiger partial charge < -0.3 is 24.1 Å². The molecule has 0 bridgehead atoms. The smallest absolute Gasteiger partial charge is 0.339 e. The third-order valence-corrected chi connectivity index (χ3v) is 13.4. The van der Waals surface area contributed by atoms with E-state index < -0.39 is 20.4 Å². The number of carboxylic acids is 1. The number of thioether (sulfide) groups is 1. The molecule has 0 aliphatic carbocycles. The lowest BCUT2D eigenvalue weighted by Gasteiger charge is -2.43. The molecule has 3 aromatic carbocycles. The van der Waals surface area contributed by atoms with E-state index in [9.17, 15) is 15.0 Å². The SMILES string of the molecule is COc1c(CO[Si](c2ccccc2)(c2ccccc2)C(C)(C)C)cc(C(=O)O)c(OC)c1C1CSCC1O. The van der Waals surface area contributed by atoms with Crippen molar-refractivity contribution in [1.29, 1.82) is 0 Å². The number of aliphatic hydroxyl groups is 1. The minimum atomic E-state index is -2.88. The number of aliphatic hydroxyl groups excluding tert-OH is 1. The summed E-state index contributed by atoms with van der Waals surface area (Å²) in [6.45, 7) is 6.74. The minimum absolute atomic E-state index is 0.0356. The van der Waals surface area contributed by atoms with Crippen LogP contribution in [0, 0.1) is 0 Å². The van der Waals surface area contributed by atoms with Crippen LogP contribution in [0.25, 0.3) is 0 Å². The summed E-state index contributed by atoms with van der Waals surface area (Å²) in [5.41, 5.74) is 1.25. The van der Waals surface area contributed by atoms with E-state index in [0.717, 1.165) is 10.4 Å². The van der Waals surface area contributed by atoms with Gasteiger partial charge in [0.25, 0.3) is 8.32 Å². The van der Waals surface area contributed by atoms with Gasteiger partial charge >= 0.3 is 5.97 Å². The second-order valence-electron chi connectivity index (χ2n) is 10.5. The van der Waals surface area contributed by atoms with Crippen LogP contribution in [0.15, 0.2) is 66.7 Å². The molecular weight excluding hydrogens is 516 g/mol. The molecule has 4 rings (SSSR count). The molecule has 0 aromatic heterocycles. The number of aromatic carboxylic acids is 1. The van der Waals surface area contributed by atoms with Crippen LogP contribution in [-0.2, 0) is 11.0 Å². The summed E-state index contributed by atoms with van der Waals surface area (Å²) in [4.78, 5) is 12.4. The van der Waals surface area contributed by atoms with Gasteiger partial charge in [-0.15, -0.1) is 0 Å². The zero-order valence-electron chi connectivity index (χ0n) is 22.6. The van der Waals surface area contributed by atoms with Crippen LogP contribution in [-0.4, -0.2) is 56.3 Å². The van der Waals surface area contributed by atoms with Crippen molar-refractivity contribution < 1.29 is 28.9 Å². The Kier molecular flexibility index (Phi) is 8.57. The molecule has 1 aliphatic heterocycles. The number of benzene rings is 3. The number of rotatable bonds is 9. The van der Waals surface area contributed by atoms with E-state index in [2.05, 4.69) is 45.0 Å². The van der Waals surface area contributed by atoms with Crippen LogP contribution in [0.1, 0.15) is 48.2 Å². The van der Waals surface area contributed by atoms with E-state index in [1.165, 1.54) is 7.11 Å². The first-order valence-corrected chi connectivity index (χ1v) is 15.7. The molecule has 3 aromatic rings. The molecule has 0 radical (unpaired) electrons. The lowest BCUT2D eigenvalue weighted by molar-refractivity contribution is 0.0692. The lowest BCUT2D eigenvalue weighted by Crippen LogP contribution is -2.66. The monoisotopic (exact) mass is 552 g/mol. The number of carboxylic acid groups (broad SMARTS) is 1. The highest BCUT2D eigenvalue weighted by atomic mass is 32.2. The van der Waals surface area contributed by atoms with Gasteiger partial charge in [-0.3, -0.25) is 0 Å². The second kappa shape index (κ2) is 11.5. The quantitative estimate of drug-likeness (QED) is 0.373. The van der Waals surface area contributed by atoms with Gasteiger partial charge in [0, 0.05) is 28.6 Å². The summed E-state index contributed by atoms with van der Waals surface area (Å²) in [5, 5.41) is 22.9. The average Bonchev–Trinajstić information content (AvgIpc) is 3.33. The fourth-order valence-corrected chi connectivity index (χ4v) is 11.3. The van der Waals surface area contributed by atoms with Gasteiger partial charge in [-0.2, -0.15) is 11.8 Å². The fraction of sp³-hybridized carbons (Fsp3) is 0.367. The van der Waals surface area contributed by atoms with E-state index in [0.29, 0.717) is 28.4 Å². The topological polar surface area (TPSA) is 85.2 Å². The molecule has 1 heterocycles. The second-order valence-corrected chi connectivity index (χ2v) is 15.9. The summed E-state index contributed by atoms with van der Waals surface area (Å²) in [6, 6.07) is 22.2. The third kappa shape index (κ3) is 5.10. The molecule has 2 atom stereocenters. The van der Waals surface area contributed by atoms with Crippen LogP contribution >= 0.6 is 11.8 Å². The summed E-state index contributed by atoms with van der Waals surface area (Å²) in [6.07, 6.45) is -0.628. The summed E-state index contributed by atoms with van der Waals surface area (Å²) >= 11 is 1.63. The lowest BCUT2D eigenvalue weighted by atomic mass is 9.90. The van der Waals surface area contributed by atoms with E-state index in [1.807, 2.05) is 36.4 Å². The number of hydrogen-bond donors (Lipinski definition) is 2. The molecule has 2 unspecified atom stereocenters. The van der Waals surface area contributed by atoms with E-state index in [1.54, 1.807) is 24.9 Å². The molecule has 1 aliphatic rings. The van der Waals surface area contributed by atoms with Crippen molar-refractivity contribution in [2.24, 2.45) is 0 Å². The Balaban J connectivity index is 1.91. The summed E-state index contributed by atoms with van der Waals surface area (Å²) < 4.78 is 18.6. The molecule has 2 N–H and O–H groups in total. The number of ether oxygens (including phenoxy) is 2. The Morgan fingerprint density at radius 1 is 0.947 bits per heavy atom. The van der Waals surface area contributed by atoms with E-state index in [-0.39, 0.29) is 28.9 Å². The van der Waals surface area contributed by atoms with Gasteiger partial charge in [0.1, 0.15) is 17.1 Å². The van der Waals surface area contributed by atoms with E-state index in [4.69, 9.17) is 13.9 Å². The highest BCUT2D eigenvalue weighted by Crippen LogP contribution is 2.47. The Morgan fingerprint density at radius 3 is 1.92 bits per heavy atom. The van der Waals surface area contributed by atoms with Crippen LogP contribution in [0.3, 0.4) is 0 Å². The van der Waals surface area contributed by atoms with Crippen LogP contribution in [0.2, 0.25) is 5.04 Å². The highest BCUT2D eigenvalue weighted by molar-refractivity contribution is 7.99. The molecular formula is C30H36O6SSi. The average molecular weight is 553 g/mol. The predicted molar refractivity (Wildman–Crippen MR) is 155 cm³/mol. The molecule has 1 saturated heterocycles. The maximum atomic E-state index is 12.4. The number of hydrogen-bond acceptors (Lipinski definition) is 6. The van der Waals surface area contributed by atoms with Crippen LogP contribution in [0.5, 0.6) is 11.5 Å². The fourth-order valence-electron chi connectivity index (χ4n) is 5.56. The largest absolute Gasteiger partial charge is 0.496 e. The maximum absolute atomic E-state index is 12.4. The standard InChI is InChI=1S/C30H36O6SSi/c1-30(2,3)38(21-12-8-6-9-13-21,22-14-10-7-11-15-22)36-17-20-16-23(29(32)33)28(35-5)26(27(20)34-4)24-18-37-19-25(24)31/h6-16,24-25,31H,17-19H2,1-5H3,(H,32,33). The number of methoxy groups -OCH3 is 2. The Morgan fingerprint density at radius 2 is 1.50 bits per heavy atom. The van der Waals surface area contributed by atoms with Gasteiger partial charge in [-0.05, 0) is 21.5 Å². The van der Waals surface area contributed by atoms with Crippen molar-refractivity contribution in [3.05, 3.63) is 83.4 Å². The Hall–Kier alpha value is -2.78. The molecule has 8 heteroatoms. The van der Waals surface area contributed by atoms with Crippen molar-refractivity contribution in [2.45, 2.75) is 44.4 Å². The Labute approximate surface area is 230 Å². The van der Waals surface area contributed by atoms with Crippen molar-refractivity contribution in [1.82, 2.24) is 0 Å². The van der Waals surface area contributed by atoms with Gasteiger partial charge in [0.15, 0.2) is 0 Å². The highest BCUT2D eigenvalue weighted by Gasteiger charge is 2.50. The van der Waals surface area contributed by atoms with E-state index >= 15 is 0 Å². The molecule has 0 spiro atoms. The summed E-state index contributed by atoms with van der Waals surface area (Å²) in [7, 11) is 0.141. The first kappa shape index (κ1) is 28.2. The predicted octanol–water partition coefficient (Wildman–Crippen LogP) is 4.67. The van der Waals surface area contributed by atoms with Gasteiger partial charge in [-0.1, -0.05) is 81.4 Å². The zero-order chi connectivity index (χ0) is 27.5. The minimum Gasteiger partial charge on any atom is -0.496 e. The maximum Gasteiger partial charge on any atom is 0.339 e. The molecule has 0 amide bonds. The van der Waals surface area contributed by atoms with Crippen LogP contribution < -0.4 is 19.8 Å². The first-order valence-electron chi connectivity index (χ1n) is 12.7. The molecule has 202 valence electrons. The Bertz CT molecular complexity index is 1220.